The minimum Gasteiger partial charge on any atom is -0.382 e. The highest BCUT2D eigenvalue weighted by Crippen LogP contribution is 2.28. The van der Waals surface area contributed by atoms with Crippen molar-refractivity contribution < 1.29 is 4.79 Å². The van der Waals surface area contributed by atoms with E-state index in [-0.39, 0.29) is 11.8 Å². The molecule has 1 aromatic heterocycles. The number of nitriles is 1. The molecule has 0 atom stereocenters. The molecule has 1 aromatic carbocycles. The molecule has 0 aliphatic heterocycles. The Kier molecular flexibility index (Phi) is 4.29. The van der Waals surface area contributed by atoms with Crippen molar-refractivity contribution in [2.75, 3.05) is 12.3 Å². The number of anilines is 1. The van der Waals surface area contributed by atoms with Crippen molar-refractivity contribution in [3.63, 3.8) is 0 Å². The van der Waals surface area contributed by atoms with Crippen molar-refractivity contribution in [2.24, 2.45) is 5.92 Å². The van der Waals surface area contributed by atoms with Crippen LogP contribution in [-0.4, -0.2) is 22.2 Å². The van der Waals surface area contributed by atoms with Crippen LogP contribution in [-0.2, 0) is 11.2 Å². The Bertz CT molecular complexity index is 740. The molecule has 3 rings (SSSR count). The SMILES string of the molecule is N#Cc1c(CCCNC(=O)C2CC2)nn(-c2ccccc2)c1N. The molecule has 23 heavy (non-hydrogen) atoms. The van der Waals surface area contributed by atoms with Gasteiger partial charge in [-0.2, -0.15) is 10.4 Å². The maximum absolute atomic E-state index is 11.6. The van der Waals surface area contributed by atoms with Crippen molar-refractivity contribution in [1.29, 1.82) is 5.26 Å². The summed E-state index contributed by atoms with van der Waals surface area (Å²) in [4.78, 5) is 11.6. The molecule has 0 unspecified atom stereocenters. The van der Waals surface area contributed by atoms with Crippen LogP contribution in [0.4, 0.5) is 5.82 Å². The number of nitrogens with zero attached hydrogens (tertiary/aromatic N) is 3. The molecular weight excluding hydrogens is 290 g/mol. The zero-order valence-corrected chi connectivity index (χ0v) is 12.8. The van der Waals surface area contributed by atoms with Crippen LogP contribution in [0.25, 0.3) is 5.69 Å². The molecule has 0 bridgehead atoms. The van der Waals surface area contributed by atoms with Gasteiger partial charge in [0.2, 0.25) is 5.91 Å². The lowest BCUT2D eigenvalue weighted by molar-refractivity contribution is -0.122. The van der Waals surface area contributed by atoms with Crippen molar-refractivity contribution in [2.45, 2.75) is 25.7 Å². The molecule has 1 aliphatic carbocycles. The molecule has 1 aliphatic rings. The highest BCUT2D eigenvalue weighted by Gasteiger charge is 2.29. The number of nitrogens with two attached hydrogens (primary N) is 1. The average Bonchev–Trinajstić information content (AvgIpc) is 3.37. The van der Waals surface area contributed by atoms with Gasteiger partial charge in [-0.1, -0.05) is 18.2 Å². The summed E-state index contributed by atoms with van der Waals surface area (Å²) in [6.07, 6.45) is 3.35. The molecule has 1 heterocycles. The molecule has 118 valence electrons. The first kappa shape index (κ1) is 15.1. The number of carbonyl (C=O) groups excluding carboxylic acids is 1. The molecular formula is C17H19N5O. The number of para-hydroxylation sites is 1. The fourth-order valence-corrected chi connectivity index (χ4v) is 2.50. The molecule has 0 saturated heterocycles. The summed E-state index contributed by atoms with van der Waals surface area (Å²) in [7, 11) is 0. The van der Waals surface area contributed by atoms with Gasteiger partial charge in [0, 0.05) is 12.5 Å². The second-order valence-electron chi connectivity index (χ2n) is 5.73. The van der Waals surface area contributed by atoms with Gasteiger partial charge in [-0.05, 0) is 37.8 Å². The van der Waals surface area contributed by atoms with Crippen LogP contribution in [0.1, 0.15) is 30.5 Å². The molecule has 1 saturated carbocycles. The standard InChI is InChI=1S/C17H19N5O/c18-11-14-15(7-4-10-20-17(23)12-8-9-12)21-22(16(14)19)13-5-2-1-3-6-13/h1-3,5-6,12H,4,7-10,19H2,(H,20,23). The number of aryl methyl sites for hydroxylation is 1. The van der Waals surface area contributed by atoms with Crippen molar-refractivity contribution in [3.05, 3.63) is 41.6 Å². The number of hydrogen-bond donors (Lipinski definition) is 2. The van der Waals surface area contributed by atoms with Gasteiger partial charge in [-0.25, -0.2) is 4.68 Å². The van der Waals surface area contributed by atoms with Gasteiger partial charge in [-0.3, -0.25) is 4.79 Å². The van der Waals surface area contributed by atoms with Crippen molar-refractivity contribution >= 4 is 11.7 Å². The van der Waals surface area contributed by atoms with Gasteiger partial charge in [-0.15, -0.1) is 0 Å². The Hall–Kier alpha value is -2.81. The number of nitrogen functional groups attached to an aromatic ring is 1. The number of rotatable bonds is 6. The molecule has 3 N–H and O–H groups in total. The number of hydrogen-bond acceptors (Lipinski definition) is 4. The smallest absolute Gasteiger partial charge is 0.223 e. The van der Waals surface area contributed by atoms with Gasteiger partial charge < -0.3 is 11.1 Å². The van der Waals surface area contributed by atoms with Gasteiger partial charge in [0.05, 0.1) is 11.4 Å². The van der Waals surface area contributed by atoms with E-state index in [0.717, 1.165) is 24.9 Å². The largest absolute Gasteiger partial charge is 0.382 e. The predicted molar refractivity (Wildman–Crippen MR) is 86.7 cm³/mol. The molecule has 0 spiro atoms. The van der Waals surface area contributed by atoms with Crippen LogP contribution in [0.5, 0.6) is 0 Å². The summed E-state index contributed by atoms with van der Waals surface area (Å²) in [5, 5.41) is 16.7. The van der Waals surface area contributed by atoms with E-state index in [1.54, 1.807) is 4.68 Å². The fraction of sp³-hybridized carbons (Fsp3) is 0.353. The lowest BCUT2D eigenvalue weighted by Crippen LogP contribution is -2.26. The Morgan fingerprint density at radius 2 is 2.13 bits per heavy atom. The van der Waals surface area contributed by atoms with Gasteiger partial charge in [0.1, 0.15) is 17.5 Å². The Morgan fingerprint density at radius 3 is 2.78 bits per heavy atom. The molecule has 0 radical (unpaired) electrons. The quantitative estimate of drug-likeness (QED) is 0.795. The number of aromatic nitrogens is 2. The third-order valence-corrected chi connectivity index (χ3v) is 3.94. The lowest BCUT2D eigenvalue weighted by Gasteiger charge is -2.03. The average molecular weight is 309 g/mol. The first-order valence-electron chi connectivity index (χ1n) is 7.81. The molecule has 1 fully saturated rings. The third kappa shape index (κ3) is 3.34. The molecule has 6 nitrogen and oxygen atoms in total. The highest BCUT2D eigenvalue weighted by atomic mass is 16.2. The first-order chi connectivity index (χ1) is 11.2. The van der Waals surface area contributed by atoms with Gasteiger partial charge >= 0.3 is 0 Å². The van der Waals surface area contributed by atoms with E-state index >= 15 is 0 Å². The van der Waals surface area contributed by atoms with Gasteiger partial charge in [0.25, 0.3) is 0 Å². The highest BCUT2D eigenvalue weighted by molar-refractivity contribution is 5.80. The van der Waals surface area contributed by atoms with Crippen LogP contribution in [0.3, 0.4) is 0 Å². The number of benzene rings is 1. The summed E-state index contributed by atoms with van der Waals surface area (Å²) in [5.41, 5.74) is 7.98. The first-order valence-corrected chi connectivity index (χ1v) is 7.81. The topological polar surface area (TPSA) is 96.7 Å². The third-order valence-electron chi connectivity index (χ3n) is 3.94. The predicted octanol–water partition coefficient (Wildman–Crippen LogP) is 1.78. The second kappa shape index (κ2) is 6.53. The minimum absolute atomic E-state index is 0.139. The maximum Gasteiger partial charge on any atom is 0.223 e. The monoisotopic (exact) mass is 309 g/mol. The van der Waals surface area contributed by atoms with Crippen molar-refractivity contribution in [1.82, 2.24) is 15.1 Å². The fourth-order valence-electron chi connectivity index (χ4n) is 2.50. The normalized spacial score (nSPS) is 13.5. The number of nitrogens with one attached hydrogen (secondary N) is 1. The minimum atomic E-state index is 0.139. The summed E-state index contributed by atoms with van der Waals surface area (Å²) < 4.78 is 1.59. The maximum atomic E-state index is 11.6. The van der Waals surface area contributed by atoms with Crippen LogP contribution >= 0.6 is 0 Å². The summed E-state index contributed by atoms with van der Waals surface area (Å²) in [5.74, 6) is 0.716. The van der Waals surface area contributed by atoms with E-state index in [9.17, 15) is 10.1 Å². The summed E-state index contributed by atoms with van der Waals surface area (Å²) in [6.45, 7) is 0.596. The second-order valence-corrected chi connectivity index (χ2v) is 5.73. The van der Waals surface area contributed by atoms with E-state index in [1.165, 1.54) is 0 Å². The van der Waals surface area contributed by atoms with Crippen LogP contribution in [0, 0.1) is 17.2 Å². The lowest BCUT2D eigenvalue weighted by atomic mass is 10.1. The van der Waals surface area contributed by atoms with Crippen LogP contribution in [0.15, 0.2) is 30.3 Å². The number of carbonyl (C=O) groups is 1. The van der Waals surface area contributed by atoms with E-state index in [2.05, 4.69) is 16.5 Å². The van der Waals surface area contributed by atoms with Crippen molar-refractivity contribution in [3.8, 4) is 11.8 Å². The Balaban J connectivity index is 1.67. The van der Waals surface area contributed by atoms with Crippen LogP contribution < -0.4 is 11.1 Å². The zero-order valence-electron chi connectivity index (χ0n) is 12.8. The summed E-state index contributed by atoms with van der Waals surface area (Å²) >= 11 is 0. The Morgan fingerprint density at radius 1 is 1.39 bits per heavy atom. The summed E-state index contributed by atoms with van der Waals surface area (Å²) in [6, 6.07) is 11.6. The number of amides is 1. The molecule has 2 aromatic rings. The van der Waals surface area contributed by atoms with Gasteiger partial charge in [0.15, 0.2) is 0 Å². The van der Waals surface area contributed by atoms with Crippen LogP contribution in [0.2, 0.25) is 0 Å². The van der Waals surface area contributed by atoms with E-state index < -0.39 is 0 Å². The zero-order chi connectivity index (χ0) is 16.2. The Labute approximate surface area is 134 Å². The van der Waals surface area contributed by atoms with E-state index in [1.807, 2.05) is 30.3 Å². The molecule has 6 heteroatoms. The molecule has 1 amide bonds. The van der Waals surface area contributed by atoms with E-state index in [0.29, 0.717) is 30.0 Å². The van der Waals surface area contributed by atoms with E-state index in [4.69, 9.17) is 5.73 Å².